The van der Waals surface area contributed by atoms with E-state index in [9.17, 15) is 0 Å². The topological polar surface area (TPSA) is 28.4 Å². The van der Waals surface area contributed by atoms with E-state index in [1.807, 2.05) is 6.26 Å². The van der Waals surface area contributed by atoms with Crippen LogP contribution in [0, 0.1) is 0 Å². The van der Waals surface area contributed by atoms with Gasteiger partial charge in [-0.05, 0) is 33.5 Å². The van der Waals surface area contributed by atoms with Crippen molar-refractivity contribution < 1.29 is 4.42 Å². The summed E-state index contributed by atoms with van der Waals surface area (Å²) in [6.45, 7) is 9.24. The van der Waals surface area contributed by atoms with Crippen LogP contribution in [0.4, 0.5) is 0 Å². The van der Waals surface area contributed by atoms with Crippen molar-refractivity contribution in [1.82, 2.24) is 10.2 Å². The van der Waals surface area contributed by atoms with Gasteiger partial charge in [-0.25, -0.2) is 0 Å². The van der Waals surface area contributed by atoms with Crippen LogP contribution in [-0.2, 0) is 13.1 Å². The molecule has 0 bridgehead atoms. The minimum Gasteiger partial charge on any atom is -0.468 e. The standard InChI is InChI=1S/C12H22N2O/c1-5-13-7-11-6-12(15-9-11)8-14(4)10(2)3/h6,9-10,13H,5,7-8H2,1-4H3. The normalized spacial score (nSPS) is 11.6. The van der Waals surface area contributed by atoms with Crippen molar-refractivity contribution in [2.75, 3.05) is 13.6 Å². The number of nitrogens with one attached hydrogen (secondary N) is 1. The van der Waals surface area contributed by atoms with Gasteiger partial charge in [0.15, 0.2) is 0 Å². The van der Waals surface area contributed by atoms with E-state index in [-0.39, 0.29) is 0 Å². The molecule has 0 amide bonds. The predicted octanol–water partition coefficient (Wildman–Crippen LogP) is 2.23. The molecule has 0 atom stereocenters. The fourth-order valence-corrected chi connectivity index (χ4v) is 1.30. The highest BCUT2D eigenvalue weighted by Gasteiger charge is 2.07. The van der Waals surface area contributed by atoms with E-state index in [1.54, 1.807) is 0 Å². The fraction of sp³-hybridized carbons (Fsp3) is 0.667. The van der Waals surface area contributed by atoms with E-state index in [0.29, 0.717) is 6.04 Å². The van der Waals surface area contributed by atoms with Gasteiger partial charge in [0.05, 0.1) is 12.8 Å². The summed E-state index contributed by atoms with van der Waals surface area (Å²) < 4.78 is 5.50. The lowest BCUT2D eigenvalue weighted by atomic mass is 10.3. The molecule has 15 heavy (non-hydrogen) atoms. The van der Waals surface area contributed by atoms with Crippen molar-refractivity contribution in [3.63, 3.8) is 0 Å². The summed E-state index contributed by atoms with van der Waals surface area (Å²) >= 11 is 0. The molecule has 0 aromatic carbocycles. The summed E-state index contributed by atoms with van der Waals surface area (Å²) in [6.07, 6.45) is 1.84. The fourth-order valence-electron chi connectivity index (χ4n) is 1.30. The molecule has 1 N–H and O–H groups in total. The van der Waals surface area contributed by atoms with Gasteiger partial charge in [-0.3, -0.25) is 4.90 Å². The van der Waals surface area contributed by atoms with E-state index < -0.39 is 0 Å². The van der Waals surface area contributed by atoms with E-state index in [0.717, 1.165) is 25.4 Å². The minimum atomic E-state index is 0.548. The largest absolute Gasteiger partial charge is 0.468 e. The maximum absolute atomic E-state index is 5.50. The zero-order valence-electron chi connectivity index (χ0n) is 10.2. The lowest BCUT2D eigenvalue weighted by molar-refractivity contribution is 0.244. The van der Waals surface area contributed by atoms with Gasteiger partial charge in [-0.2, -0.15) is 0 Å². The summed E-state index contributed by atoms with van der Waals surface area (Å²) in [6, 6.07) is 2.67. The van der Waals surface area contributed by atoms with Gasteiger partial charge in [0, 0.05) is 18.2 Å². The molecule has 0 saturated carbocycles. The van der Waals surface area contributed by atoms with Crippen molar-refractivity contribution in [3.05, 3.63) is 23.7 Å². The highest BCUT2D eigenvalue weighted by molar-refractivity contribution is 5.12. The SMILES string of the molecule is CCNCc1coc(CN(C)C(C)C)c1. The molecule has 1 aromatic rings. The number of furan rings is 1. The van der Waals surface area contributed by atoms with Crippen LogP contribution in [0.3, 0.4) is 0 Å². The number of nitrogens with zero attached hydrogens (tertiary/aromatic N) is 1. The van der Waals surface area contributed by atoms with Crippen molar-refractivity contribution in [1.29, 1.82) is 0 Å². The first-order chi connectivity index (χ1) is 7.13. The van der Waals surface area contributed by atoms with E-state index >= 15 is 0 Å². The van der Waals surface area contributed by atoms with Crippen molar-refractivity contribution >= 4 is 0 Å². The summed E-state index contributed by atoms with van der Waals surface area (Å²) in [7, 11) is 2.11. The van der Waals surface area contributed by atoms with Gasteiger partial charge in [0.2, 0.25) is 0 Å². The van der Waals surface area contributed by atoms with Gasteiger partial charge in [-0.15, -0.1) is 0 Å². The van der Waals surface area contributed by atoms with E-state index in [2.05, 4.69) is 44.1 Å². The second-order valence-corrected chi connectivity index (χ2v) is 4.21. The Labute approximate surface area is 92.5 Å². The van der Waals surface area contributed by atoms with Crippen LogP contribution in [0.1, 0.15) is 32.1 Å². The second-order valence-electron chi connectivity index (χ2n) is 4.21. The third-order valence-electron chi connectivity index (χ3n) is 2.57. The highest BCUT2D eigenvalue weighted by Crippen LogP contribution is 2.11. The molecular formula is C12H22N2O. The first kappa shape index (κ1) is 12.3. The molecule has 0 spiro atoms. The van der Waals surface area contributed by atoms with Gasteiger partial charge in [-0.1, -0.05) is 6.92 Å². The number of rotatable bonds is 6. The second kappa shape index (κ2) is 5.93. The average molecular weight is 210 g/mol. The molecule has 0 aliphatic heterocycles. The van der Waals surface area contributed by atoms with Crippen molar-refractivity contribution in [3.8, 4) is 0 Å². The van der Waals surface area contributed by atoms with Crippen molar-refractivity contribution in [2.24, 2.45) is 0 Å². The first-order valence-corrected chi connectivity index (χ1v) is 5.60. The molecule has 1 heterocycles. The summed E-state index contributed by atoms with van der Waals surface area (Å²) in [5.74, 6) is 1.04. The van der Waals surface area contributed by atoms with Crippen LogP contribution in [0.25, 0.3) is 0 Å². The molecule has 0 radical (unpaired) electrons. The lowest BCUT2D eigenvalue weighted by Gasteiger charge is -2.19. The zero-order valence-corrected chi connectivity index (χ0v) is 10.2. The van der Waals surface area contributed by atoms with Crippen LogP contribution in [0.2, 0.25) is 0 Å². The molecule has 0 saturated heterocycles. The first-order valence-electron chi connectivity index (χ1n) is 5.60. The van der Waals surface area contributed by atoms with E-state index in [4.69, 9.17) is 4.42 Å². The van der Waals surface area contributed by atoms with Crippen LogP contribution in [0.5, 0.6) is 0 Å². The Kier molecular flexibility index (Phi) is 4.85. The Morgan fingerprint density at radius 2 is 2.20 bits per heavy atom. The molecule has 0 aliphatic carbocycles. The molecular weight excluding hydrogens is 188 g/mol. The molecule has 0 unspecified atom stereocenters. The Balaban J connectivity index is 2.45. The van der Waals surface area contributed by atoms with Crippen LogP contribution in [0.15, 0.2) is 16.7 Å². The summed E-state index contributed by atoms with van der Waals surface area (Å²) in [5, 5.41) is 3.28. The Hall–Kier alpha value is -0.800. The molecule has 0 aliphatic rings. The zero-order chi connectivity index (χ0) is 11.3. The van der Waals surface area contributed by atoms with Gasteiger partial charge in [0.25, 0.3) is 0 Å². The molecule has 1 rings (SSSR count). The minimum absolute atomic E-state index is 0.548. The molecule has 3 nitrogen and oxygen atoms in total. The highest BCUT2D eigenvalue weighted by atomic mass is 16.3. The van der Waals surface area contributed by atoms with Crippen molar-refractivity contribution in [2.45, 2.75) is 39.9 Å². The monoisotopic (exact) mass is 210 g/mol. The number of hydrogen-bond donors (Lipinski definition) is 1. The van der Waals surface area contributed by atoms with E-state index in [1.165, 1.54) is 5.56 Å². The predicted molar refractivity (Wildman–Crippen MR) is 62.7 cm³/mol. The summed E-state index contributed by atoms with van der Waals surface area (Å²) in [4.78, 5) is 2.26. The maximum atomic E-state index is 5.50. The van der Waals surface area contributed by atoms with Crippen LogP contribution in [-0.4, -0.2) is 24.5 Å². The lowest BCUT2D eigenvalue weighted by Crippen LogP contribution is -2.25. The molecule has 1 aromatic heterocycles. The third-order valence-corrected chi connectivity index (χ3v) is 2.57. The van der Waals surface area contributed by atoms with Gasteiger partial charge < -0.3 is 9.73 Å². The average Bonchev–Trinajstić information content (AvgIpc) is 2.62. The molecule has 0 fully saturated rings. The third kappa shape index (κ3) is 4.06. The van der Waals surface area contributed by atoms with Crippen LogP contribution >= 0.6 is 0 Å². The smallest absolute Gasteiger partial charge is 0.118 e. The Morgan fingerprint density at radius 3 is 2.80 bits per heavy atom. The van der Waals surface area contributed by atoms with Crippen LogP contribution < -0.4 is 5.32 Å². The maximum Gasteiger partial charge on any atom is 0.118 e. The van der Waals surface area contributed by atoms with Gasteiger partial charge in [0.1, 0.15) is 5.76 Å². The Morgan fingerprint density at radius 1 is 1.47 bits per heavy atom. The molecule has 3 heteroatoms. The van der Waals surface area contributed by atoms with Gasteiger partial charge >= 0.3 is 0 Å². The summed E-state index contributed by atoms with van der Waals surface area (Å²) in [5.41, 5.74) is 1.23. The molecule has 86 valence electrons. The Bertz CT molecular complexity index is 281. The quantitative estimate of drug-likeness (QED) is 0.780. The number of hydrogen-bond acceptors (Lipinski definition) is 3.